The molecular weight excluding hydrogens is 456 g/mol. The molecule has 1 aliphatic rings. The fraction of sp³-hybridized carbons (Fsp3) is 0.417. The van der Waals surface area contributed by atoms with Crippen LogP contribution in [0.4, 0.5) is 5.82 Å². The van der Waals surface area contributed by atoms with Crippen LogP contribution in [0.5, 0.6) is 0 Å². The number of aliphatic hydroxyl groups excluding tert-OH is 2. The summed E-state index contributed by atoms with van der Waals surface area (Å²) in [6.45, 7) is 4.71. The summed E-state index contributed by atoms with van der Waals surface area (Å²) in [6.07, 6.45) is 3.79. The highest BCUT2D eigenvalue weighted by molar-refractivity contribution is 7.09. The smallest absolute Gasteiger partial charge is 0.328 e. The summed E-state index contributed by atoms with van der Waals surface area (Å²) in [5.41, 5.74) is 2.26. The van der Waals surface area contributed by atoms with Crippen molar-refractivity contribution in [2.24, 2.45) is 0 Å². The molecule has 34 heavy (non-hydrogen) atoms. The number of thiazole rings is 1. The molecule has 0 radical (unpaired) electrons. The number of rotatable bonds is 7. The van der Waals surface area contributed by atoms with Gasteiger partial charge in [-0.1, -0.05) is 13.8 Å². The van der Waals surface area contributed by atoms with Crippen LogP contribution in [-0.4, -0.2) is 61.0 Å². The maximum Gasteiger partial charge on any atom is 0.328 e. The molecule has 0 saturated carbocycles. The van der Waals surface area contributed by atoms with Crippen LogP contribution in [0.1, 0.15) is 48.0 Å². The maximum absolute atomic E-state index is 13.2. The second-order valence-electron chi connectivity index (χ2n) is 8.78. The van der Waals surface area contributed by atoms with Crippen molar-refractivity contribution in [2.75, 3.05) is 18.0 Å². The number of aliphatic hydroxyl groups is 2. The Morgan fingerprint density at radius 3 is 2.74 bits per heavy atom. The maximum atomic E-state index is 13.2. The molecule has 0 spiro atoms. The van der Waals surface area contributed by atoms with Gasteiger partial charge in [0.25, 0.3) is 5.56 Å². The molecule has 180 valence electrons. The minimum atomic E-state index is -1.18. The van der Waals surface area contributed by atoms with Crippen molar-refractivity contribution in [2.45, 2.75) is 51.2 Å². The number of carboxylic acid groups (broad SMARTS) is 1. The first-order valence-corrected chi connectivity index (χ1v) is 12.1. The second kappa shape index (κ2) is 10.0. The number of aromatic nitrogens is 3. The van der Waals surface area contributed by atoms with Crippen LogP contribution in [0.3, 0.4) is 0 Å². The van der Waals surface area contributed by atoms with Gasteiger partial charge >= 0.3 is 5.97 Å². The van der Waals surface area contributed by atoms with Crippen molar-refractivity contribution in [3.8, 4) is 0 Å². The lowest BCUT2D eigenvalue weighted by Crippen LogP contribution is -2.47. The lowest BCUT2D eigenvalue weighted by atomic mass is 10.0. The van der Waals surface area contributed by atoms with Gasteiger partial charge in [0.15, 0.2) is 0 Å². The van der Waals surface area contributed by atoms with E-state index in [2.05, 4.69) is 29.2 Å². The van der Waals surface area contributed by atoms with Crippen LogP contribution in [-0.2, 0) is 17.6 Å². The van der Waals surface area contributed by atoms with E-state index in [4.69, 9.17) is 5.11 Å². The summed E-state index contributed by atoms with van der Waals surface area (Å²) in [6, 6.07) is 3.71. The average Bonchev–Trinajstić information content (AvgIpc) is 3.28. The van der Waals surface area contributed by atoms with E-state index in [1.54, 1.807) is 22.4 Å². The number of anilines is 1. The number of piperidine rings is 1. The van der Waals surface area contributed by atoms with Gasteiger partial charge in [0.05, 0.1) is 28.5 Å². The van der Waals surface area contributed by atoms with Crippen molar-refractivity contribution in [3.05, 3.63) is 62.0 Å². The molecule has 1 fully saturated rings. The second-order valence-corrected chi connectivity index (χ2v) is 9.72. The zero-order valence-corrected chi connectivity index (χ0v) is 19.9. The summed E-state index contributed by atoms with van der Waals surface area (Å²) in [7, 11) is 0. The topological polar surface area (TPSA) is 128 Å². The number of hydrogen-bond acceptors (Lipinski definition) is 8. The van der Waals surface area contributed by atoms with Gasteiger partial charge in [-0.3, -0.25) is 9.20 Å². The summed E-state index contributed by atoms with van der Waals surface area (Å²) >= 11 is 1.65. The fourth-order valence-corrected chi connectivity index (χ4v) is 4.91. The SMILES string of the molecule is CC(C)c1csc(CCc2ccn3c(=O)c(C=CC(=O)O)c(N4CCC(O)C(O)C4)nc3c2)n1. The molecule has 10 heteroatoms. The van der Waals surface area contributed by atoms with Gasteiger partial charge in [-0.25, -0.2) is 14.8 Å². The summed E-state index contributed by atoms with van der Waals surface area (Å²) in [4.78, 5) is 35.4. The lowest BCUT2D eigenvalue weighted by molar-refractivity contribution is -0.131. The molecule has 1 saturated heterocycles. The Morgan fingerprint density at radius 2 is 2.06 bits per heavy atom. The van der Waals surface area contributed by atoms with Crippen LogP contribution >= 0.6 is 11.3 Å². The van der Waals surface area contributed by atoms with E-state index < -0.39 is 23.7 Å². The predicted molar refractivity (Wildman–Crippen MR) is 131 cm³/mol. The van der Waals surface area contributed by atoms with Crippen molar-refractivity contribution in [3.63, 3.8) is 0 Å². The first-order valence-electron chi connectivity index (χ1n) is 11.2. The first kappa shape index (κ1) is 24.1. The third-order valence-corrected chi connectivity index (χ3v) is 6.86. The average molecular weight is 485 g/mol. The van der Waals surface area contributed by atoms with Crippen LogP contribution in [0.25, 0.3) is 11.7 Å². The third-order valence-electron chi connectivity index (χ3n) is 5.94. The molecule has 1 aliphatic heterocycles. The molecule has 9 nitrogen and oxygen atoms in total. The Hall–Kier alpha value is -3.08. The minimum absolute atomic E-state index is 0.0968. The largest absolute Gasteiger partial charge is 0.478 e. The molecule has 3 aromatic rings. The molecule has 2 atom stereocenters. The van der Waals surface area contributed by atoms with Gasteiger partial charge in [-0.05, 0) is 42.5 Å². The van der Waals surface area contributed by atoms with Crippen molar-refractivity contribution in [1.82, 2.24) is 14.4 Å². The van der Waals surface area contributed by atoms with Gasteiger partial charge < -0.3 is 20.2 Å². The minimum Gasteiger partial charge on any atom is -0.478 e. The first-order chi connectivity index (χ1) is 16.2. The Kier molecular flexibility index (Phi) is 7.11. The van der Waals surface area contributed by atoms with Crippen LogP contribution < -0.4 is 10.5 Å². The van der Waals surface area contributed by atoms with Gasteiger partial charge in [0, 0.05) is 37.2 Å². The molecule has 0 amide bonds. The summed E-state index contributed by atoms with van der Waals surface area (Å²) in [5, 5.41) is 32.2. The highest BCUT2D eigenvalue weighted by Gasteiger charge is 2.28. The molecule has 3 N–H and O–H groups in total. The highest BCUT2D eigenvalue weighted by atomic mass is 32.1. The van der Waals surface area contributed by atoms with E-state index >= 15 is 0 Å². The van der Waals surface area contributed by atoms with E-state index in [9.17, 15) is 19.8 Å². The molecule has 0 aromatic carbocycles. The molecule has 2 unspecified atom stereocenters. The zero-order chi connectivity index (χ0) is 24.4. The van der Waals surface area contributed by atoms with E-state index in [0.29, 0.717) is 30.3 Å². The Bertz CT molecular complexity index is 1280. The number of carbonyl (C=O) groups is 1. The number of aryl methyl sites for hydroxylation is 2. The number of fused-ring (bicyclic) bond motifs is 1. The van der Waals surface area contributed by atoms with Crippen LogP contribution in [0.2, 0.25) is 0 Å². The van der Waals surface area contributed by atoms with Gasteiger partial charge in [0.2, 0.25) is 0 Å². The molecule has 0 bridgehead atoms. The van der Waals surface area contributed by atoms with Gasteiger partial charge in [-0.2, -0.15) is 0 Å². The molecule has 4 rings (SSSR count). The highest BCUT2D eigenvalue weighted by Crippen LogP contribution is 2.24. The number of aliphatic carboxylic acids is 1. The molecule has 0 aliphatic carbocycles. The van der Waals surface area contributed by atoms with E-state index in [1.807, 2.05) is 12.1 Å². The third kappa shape index (κ3) is 5.19. The zero-order valence-electron chi connectivity index (χ0n) is 19.1. The lowest BCUT2D eigenvalue weighted by Gasteiger charge is -2.34. The van der Waals surface area contributed by atoms with Crippen LogP contribution in [0, 0.1) is 0 Å². The molecule has 3 aromatic heterocycles. The van der Waals surface area contributed by atoms with Gasteiger partial charge in [-0.15, -0.1) is 11.3 Å². The quantitative estimate of drug-likeness (QED) is 0.435. The van der Waals surface area contributed by atoms with E-state index in [-0.39, 0.29) is 12.1 Å². The number of β-amino-alcohol motifs (C(OH)–C–C–N with tert-alkyl or cyclic N) is 1. The fourth-order valence-electron chi connectivity index (χ4n) is 3.95. The normalized spacial score (nSPS) is 18.9. The van der Waals surface area contributed by atoms with Crippen LogP contribution in [0.15, 0.2) is 34.6 Å². The molecule has 4 heterocycles. The summed E-state index contributed by atoms with van der Waals surface area (Å²) < 4.78 is 1.39. The van der Waals surface area contributed by atoms with E-state index in [1.165, 1.54) is 10.5 Å². The number of carboxylic acids is 1. The van der Waals surface area contributed by atoms with Crippen molar-refractivity contribution >= 4 is 34.8 Å². The standard InChI is InChI=1S/C24H28N4O5S/c1-14(2)17-13-34-21(25-17)5-3-15-7-10-28-20(11-15)26-23(16(24(28)33)4-6-22(31)32)27-9-8-18(29)19(30)12-27/h4,6-7,10-11,13-14,18-19,29-30H,3,5,8-9,12H2,1-2H3,(H,31,32). The Morgan fingerprint density at radius 1 is 1.26 bits per heavy atom. The predicted octanol–water partition coefficient (Wildman–Crippen LogP) is 2.09. The van der Waals surface area contributed by atoms with E-state index in [0.717, 1.165) is 35.2 Å². The Balaban J connectivity index is 1.68. The number of hydrogen-bond donors (Lipinski definition) is 3. The van der Waals surface area contributed by atoms with Crippen molar-refractivity contribution in [1.29, 1.82) is 0 Å². The Labute approximate surface area is 200 Å². The summed E-state index contributed by atoms with van der Waals surface area (Å²) in [5.74, 6) is -0.492. The number of nitrogens with zero attached hydrogens (tertiary/aromatic N) is 4. The van der Waals surface area contributed by atoms with Crippen molar-refractivity contribution < 1.29 is 20.1 Å². The molecular formula is C24H28N4O5S. The number of pyridine rings is 1. The van der Waals surface area contributed by atoms with Gasteiger partial charge in [0.1, 0.15) is 11.5 Å². The monoisotopic (exact) mass is 484 g/mol.